The highest BCUT2D eigenvalue weighted by molar-refractivity contribution is 7.17. The van der Waals surface area contributed by atoms with Gasteiger partial charge < -0.3 is 4.90 Å². The molecular formula is C26H32N2OS. The van der Waals surface area contributed by atoms with E-state index in [4.69, 9.17) is 0 Å². The first-order valence-corrected chi connectivity index (χ1v) is 11.7. The normalized spacial score (nSPS) is 11.3. The van der Waals surface area contributed by atoms with Crippen LogP contribution in [-0.4, -0.2) is 48.8 Å². The highest BCUT2D eigenvalue weighted by Gasteiger charge is 2.10. The molecule has 3 nitrogen and oxygen atoms in total. The first-order chi connectivity index (χ1) is 14.7. The highest BCUT2D eigenvalue weighted by Crippen LogP contribution is 2.27. The van der Waals surface area contributed by atoms with Crippen molar-refractivity contribution in [1.29, 1.82) is 0 Å². The fraction of sp³-hybridized carbons (Fsp3) is 0.346. The molecule has 2 aromatic carbocycles. The molecule has 0 N–H and O–H groups in total. The second-order valence-corrected chi connectivity index (χ2v) is 8.67. The van der Waals surface area contributed by atoms with Crippen LogP contribution < -0.4 is 0 Å². The lowest BCUT2D eigenvalue weighted by Crippen LogP contribution is -2.35. The third kappa shape index (κ3) is 6.63. The van der Waals surface area contributed by atoms with Gasteiger partial charge in [0.25, 0.3) is 0 Å². The molecule has 0 aliphatic carbocycles. The zero-order valence-corrected chi connectivity index (χ0v) is 18.9. The van der Waals surface area contributed by atoms with Crippen molar-refractivity contribution in [3.63, 3.8) is 0 Å². The molecule has 30 heavy (non-hydrogen) atoms. The largest absolute Gasteiger partial charge is 0.303 e. The average molecular weight is 421 g/mol. The van der Waals surface area contributed by atoms with Gasteiger partial charge >= 0.3 is 0 Å². The molecule has 0 aliphatic heterocycles. The Morgan fingerprint density at radius 1 is 0.767 bits per heavy atom. The Hall–Kier alpha value is -2.27. The lowest BCUT2D eigenvalue weighted by Gasteiger charge is -2.26. The van der Waals surface area contributed by atoms with E-state index in [0.717, 1.165) is 61.7 Å². The molecule has 0 unspecified atom stereocenters. The van der Waals surface area contributed by atoms with E-state index in [1.807, 2.05) is 12.1 Å². The second kappa shape index (κ2) is 11.8. The maximum absolute atomic E-state index is 10.9. The molecule has 1 heterocycles. The minimum Gasteiger partial charge on any atom is -0.303 e. The van der Waals surface area contributed by atoms with Crippen molar-refractivity contribution in [1.82, 2.24) is 9.80 Å². The standard InChI is InChI=1S/C26H32N2OS/c1-3-27(4-2)18-19-28(17-16-22-8-6-5-7-9-22)20-23-10-12-24(13-11-23)26-15-14-25(21-29)30-26/h5-15,21H,3-4,16-20H2,1-2H3. The zero-order chi connectivity index (χ0) is 21.2. The van der Waals surface area contributed by atoms with Crippen LogP contribution in [0.15, 0.2) is 66.7 Å². The minimum absolute atomic E-state index is 0.776. The van der Waals surface area contributed by atoms with Crippen LogP contribution >= 0.6 is 11.3 Å². The fourth-order valence-corrected chi connectivity index (χ4v) is 4.46. The first-order valence-electron chi connectivity index (χ1n) is 10.8. The number of rotatable bonds is 12. The third-order valence-electron chi connectivity index (χ3n) is 5.57. The Morgan fingerprint density at radius 2 is 1.47 bits per heavy atom. The van der Waals surface area contributed by atoms with Crippen LogP contribution in [0, 0.1) is 0 Å². The lowest BCUT2D eigenvalue weighted by molar-refractivity contribution is 0.112. The molecule has 158 valence electrons. The summed E-state index contributed by atoms with van der Waals surface area (Å²) in [5.41, 5.74) is 3.90. The van der Waals surface area contributed by atoms with E-state index in [1.54, 1.807) is 11.3 Å². The molecule has 0 fully saturated rings. The number of benzene rings is 2. The summed E-state index contributed by atoms with van der Waals surface area (Å²) in [7, 11) is 0. The fourth-order valence-electron chi connectivity index (χ4n) is 3.63. The minimum atomic E-state index is 0.776. The van der Waals surface area contributed by atoms with Crippen molar-refractivity contribution >= 4 is 17.6 Å². The van der Waals surface area contributed by atoms with Gasteiger partial charge in [-0.15, -0.1) is 11.3 Å². The quantitative estimate of drug-likeness (QED) is 0.356. The maximum Gasteiger partial charge on any atom is 0.160 e. The van der Waals surface area contributed by atoms with E-state index in [0.29, 0.717) is 0 Å². The average Bonchev–Trinajstić information content (AvgIpc) is 3.28. The summed E-state index contributed by atoms with van der Waals surface area (Å²) in [5, 5.41) is 0. The summed E-state index contributed by atoms with van der Waals surface area (Å²) in [5.74, 6) is 0. The van der Waals surface area contributed by atoms with Crippen LogP contribution in [0.25, 0.3) is 10.4 Å². The van der Waals surface area contributed by atoms with Crippen molar-refractivity contribution in [2.24, 2.45) is 0 Å². The number of aldehydes is 1. The second-order valence-electron chi connectivity index (χ2n) is 7.56. The Morgan fingerprint density at radius 3 is 2.10 bits per heavy atom. The first kappa shape index (κ1) is 22.4. The molecule has 3 rings (SSSR count). The van der Waals surface area contributed by atoms with Gasteiger partial charge in [0.1, 0.15) is 0 Å². The topological polar surface area (TPSA) is 23.6 Å². The highest BCUT2D eigenvalue weighted by atomic mass is 32.1. The van der Waals surface area contributed by atoms with Crippen LogP contribution in [0.5, 0.6) is 0 Å². The molecule has 4 heteroatoms. The van der Waals surface area contributed by atoms with Crippen LogP contribution in [0.2, 0.25) is 0 Å². The van der Waals surface area contributed by atoms with E-state index < -0.39 is 0 Å². The van der Waals surface area contributed by atoms with Crippen LogP contribution in [-0.2, 0) is 13.0 Å². The van der Waals surface area contributed by atoms with Crippen LogP contribution in [0.4, 0.5) is 0 Å². The molecule has 1 aromatic heterocycles. The summed E-state index contributed by atoms with van der Waals surface area (Å²) in [4.78, 5) is 17.9. The van der Waals surface area contributed by atoms with E-state index >= 15 is 0 Å². The van der Waals surface area contributed by atoms with Crippen molar-refractivity contribution in [3.8, 4) is 10.4 Å². The van der Waals surface area contributed by atoms with Gasteiger partial charge in [-0.05, 0) is 48.3 Å². The molecular weight excluding hydrogens is 388 g/mol. The molecule has 0 spiro atoms. The summed E-state index contributed by atoms with van der Waals surface area (Å²) in [6, 6.07) is 23.5. The molecule has 0 amide bonds. The van der Waals surface area contributed by atoms with Crippen molar-refractivity contribution in [2.75, 3.05) is 32.7 Å². The Bertz CT molecular complexity index is 885. The number of hydrogen-bond acceptors (Lipinski definition) is 4. The summed E-state index contributed by atoms with van der Waals surface area (Å²) >= 11 is 1.54. The van der Waals surface area contributed by atoms with E-state index in [1.165, 1.54) is 16.7 Å². The predicted molar refractivity (Wildman–Crippen MR) is 128 cm³/mol. The smallest absolute Gasteiger partial charge is 0.160 e. The van der Waals surface area contributed by atoms with Gasteiger partial charge in [0.2, 0.25) is 0 Å². The zero-order valence-electron chi connectivity index (χ0n) is 18.1. The number of thiophene rings is 1. The van der Waals surface area contributed by atoms with Gasteiger partial charge in [0.15, 0.2) is 6.29 Å². The number of carbonyl (C=O) groups excluding carboxylic acids is 1. The van der Waals surface area contributed by atoms with Gasteiger partial charge in [0.05, 0.1) is 4.88 Å². The van der Waals surface area contributed by atoms with Crippen molar-refractivity contribution in [2.45, 2.75) is 26.8 Å². The van der Waals surface area contributed by atoms with Gasteiger partial charge in [-0.2, -0.15) is 0 Å². The van der Waals surface area contributed by atoms with E-state index in [-0.39, 0.29) is 0 Å². The Kier molecular flexibility index (Phi) is 8.81. The molecule has 0 saturated carbocycles. The van der Waals surface area contributed by atoms with Crippen molar-refractivity contribution < 1.29 is 4.79 Å². The third-order valence-corrected chi connectivity index (χ3v) is 6.63. The molecule has 0 atom stereocenters. The predicted octanol–water partition coefficient (Wildman–Crippen LogP) is 5.61. The van der Waals surface area contributed by atoms with E-state index in [2.05, 4.69) is 78.2 Å². The van der Waals surface area contributed by atoms with Crippen LogP contribution in [0.1, 0.15) is 34.6 Å². The molecule has 3 aromatic rings. The summed E-state index contributed by atoms with van der Waals surface area (Å²) in [6.45, 7) is 10.9. The molecule has 0 aliphatic rings. The van der Waals surface area contributed by atoms with Gasteiger partial charge in [-0.1, -0.05) is 68.4 Å². The number of nitrogens with zero attached hydrogens (tertiary/aromatic N) is 2. The molecule has 0 saturated heterocycles. The number of hydrogen-bond donors (Lipinski definition) is 0. The Labute approximate surface area is 185 Å². The maximum atomic E-state index is 10.9. The van der Waals surface area contributed by atoms with Gasteiger partial charge in [0, 0.05) is 31.1 Å². The van der Waals surface area contributed by atoms with Gasteiger partial charge in [-0.3, -0.25) is 9.69 Å². The SMILES string of the molecule is CCN(CC)CCN(CCc1ccccc1)Cc1ccc(-c2ccc(C=O)s2)cc1. The molecule has 0 radical (unpaired) electrons. The summed E-state index contributed by atoms with van der Waals surface area (Å²) in [6.07, 6.45) is 1.99. The number of carbonyl (C=O) groups is 1. The molecule has 0 bridgehead atoms. The lowest BCUT2D eigenvalue weighted by atomic mass is 10.1. The summed E-state index contributed by atoms with van der Waals surface area (Å²) < 4.78 is 0. The monoisotopic (exact) mass is 420 g/mol. The van der Waals surface area contributed by atoms with Crippen LogP contribution in [0.3, 0.4) is 0 Å². The van der Waals surface area contributed by atoms with Crippen molar-refractivity contribution in [3.05, 3.63) is 82.7 Å². The van der Waals surface area contributed by atoms with Gasteiger partial charge in [-0.25, -0.2) is 0 Å². The Balaban J connectivity index is 1.65. The number of likely N-dealkylation sites (N-methyl/N-ethyl adjacent to an activating group) is 1. The van der Waals surface area contributed by atoms with E-state index in [9.17, 15) is 4.79 Å².